The Morgan fingerprint density at radius 1 is 1.11 bits per heavy atom. The summed E-state index contributed by atoms with van der Waals surface area (Å²) in [5, 5.41) is 0. The van der Waals surface area contributed by atoms with E-state index in [1.54, 1.807) is 20.8 Å². The molecule has 3 amide bonds. The number of hydrogen-bond acceptors (Lipinski definition) is 6. The first-order valence-corrected chi connectivity index (χ1v) is 11.3. The van der Waals surface area contributed by atoms with Crippen LogP contribution in [-0.4, -0.2) is 58.0 Å². The molecule has 1 saturated heterocycles. The average molecular weight is 505 g/mol. The predicted molar refractivity (Wildman–Crippen MR) is 123 cm³/mol. The first-order valence-electron chi connectivity index (χ1n) is 11.3. The number of amides is 3. The molecule has 192 valence electrons. The highest BCUT2D eigenvalue weighted by Gasteiger charge is 2.58. The minimum Gasteiger partial charge on any atom is -0.444 e. The van der Waals surface area contributed by atoms with Crippen LogP contribution in [-0.2, 0) is 15.7 Å². The molecule has 0 unspecified atom stereocenters. The second-order valence-electron chi connectivity index (χ2n) is 10.0. The van der Waals surface area contributed by atoms with E-state index >= 15 is 0 Å². The number of piperidine rings is 1. The molecule has 1 aliphatic heterocycles. The lowest BCUT2D eigenvalue weighted by molar-refractivity contribution is -0.145. The maximum Gasteiger partial charge on any atom is 0.451 e. The van der Waals surface area contributed by atoms with Crippen LogP contribution in [0.1, 0.15) is 43.4 Å². The van der Waals surface area contributed by atoms with E-state index in [1.165, 1.54) is 35.0 Å². The van der Waals surface area contributed by atoms with Crippen LogP contribution < -0.4 is 10.6 Å². The van der Waals surface area contributed by atoms with Gasteiger partial charge in [0.1, 0.15) is 11.6 Å². The van der Waals surface area contributed by atoms with Gasteiger partial charge in [0.05, 0.1) is 11.3 Å². The molecule has 0 radical (unpaired) electrons. The number of hydrogen-bond donors (Lipinski definition) is 1. The highest BCUT2D eigenvalue weighted by atomic mass is 19.4. The number of likely N-dealkylation sites (tertiary alicyclic amines) is 1. The van der Waals surface area contributed by atoms with Crippen molar-refractivity contribution in [3.8, 4) is 11.1 Å². The smallest absolute Gasteiger partial charge is 0.444 e. The molecule has 36 heavy (non-hydrogen) atoms. The Hall–Kier alpha value is -3.70. The third-order valence-corrected chi connectivity index (χ3v) is 6.22. The second-order valence-corrected chi connectivity index (χ2v) is 10.0. The highest BCUT2D eigenvalue weighted by Crippen LogP contribution is 2.50. The van der Waals surface area contributed by atoms with Crippen molar-refractivity contribution < 1.29 is 32.3 Å². The van der Waals surface area contributed by atoms with Crippen LogP contribution in [0.5, 0.6) is 0 Å². The van der Waals surface area contributed by atoms with E-state index in [2.05, 4.69) is 9.97 Å². The van der Waals surface area contributed by atoms with Crippen molar-refractivity contribution in [1.29, 1.82) is 0 Å². The van der Waals surface area contributed by atoms with Crippen LogP contribution >= 0.6 is 0 Å². The molecule has 1 aliphatic carbocycles. The second kappa shape index (κ2) is 8.75. The number of rotatable bonds is 4. The summed E-state index contributed by atoms with van der Waals surface area (Å²) in [7, 11) is 1.46. The number of primary amides is 1. The van der Waals surface area contributed by atoms with Crippen molar-refractivity contribution in [2.75, 3.05) is 18.5 Å². The Kier molecular flexibility index (Phi) is 6.17. The number of halogens is 3. The molecule has 1 saturated carbocycles. The van der Waals surface area contributed by atoms with Crippen LogP contribution in [0.2, 0.25) is 0 Å². The van der Waals surface area contributed by atoms with Crippen molar-refractivity contribution in [1.82, 2.24) is 14.9 Å². The zero-order valence-electron chi connectivity index (χ0n) is 20.2. The number of ether oxygens (including phenoxy) is 1. The zero-order chi connectivity index (χ0) is 26.6. The van der Waals surface area contributed by atoms with Gasteiger partial charge >= 0.3 is 12.3 Å². The molecule has 2 fully saturated rings. The molecule has 2 N–H and O–H groups in total. The summed E-state index contributed by atoms with van der Waals surface area (Å²) in [4.78, 5) is 47.9. The third-order valence-electron chi connectivity index (χ3n) is 6.22. The van der Waals surface area contributed by atoms with Gasteiger partial charge in [0.15, 0.2) is 0 Å². The topological polar surface area (TPSA) is 119 Å². The fraction of sp³-hybridized carbons (Fsp3) is 0.458. The summed E-state index contributed by atoms with van der Waals surface area (Å²) in [5.74, 6) is -2.31. The first-order chi connectivity index (χ1) is 16.7. The maximum atomic E-state index is 13.6. The van der Waals surface area contributed by atoms with Gasteiger partial charge in [-0.15, -0.1) is 0 Å². The fourth-order valence-corrected chi connectivity index (χ4v) is 4.43. The van der Waals surface area contributed by atoms with Gasteiger partial charge in [-0.2, -0.15) is 13.2 Å². The number of alkyl halides is 3. The molecule has 3 atom stereocenters. The summed E-state index contributed by atoms with van der Waals surface area (Å²) < 4.78 is 44.0. The largest absolute Gasteiger partial charge is 0.451 e. The summed E-state index contributed by atoms with van der Waals surface area (Å²) in [5.41, 5.74) is 5.61. The zero-order valence-corrected chi connectivity index (χ0v) is 20.2. The number of carbonyl (C=O) groups excluding carboxylic acids is 3. The SMILES string of the molecule is CN(C(=O)[C@@H]1[C@H]2C[C@H]2CN1C(=O)OC(C)(C)C)c1cc(-c2cnc(C(F)(F)F)nc2)ccc1C(N)=O. The molecule has 0 bridgehead atoms. The molecular weight excluding hydrogens is 479 g/mol. The lowest BCUT2D eigenvalue weighted by Gasteiger charge is -2.32. The van der Waals surface area contributed by atoms with Gasteiger partial charge in [-0.25, -0.2) is 14.8 Å². The number of aromatic nitrogens is 2. The molecule has 0 spiro atoms. The molecular formula is C24H26F3N5O4. The van der Waals surface area contributed by atoms with Gasteiger partial charge < -0.3 is 15.4 Å². The summed E-state index contributed by atoms with van der Waals surface area (Å²) >= 11 is 0. The van der Waals surface area contributed by atoms with Crippen molar-refractivity contribution in [3.05, 3.63) is 42.0 Å². The standard InChI is InChI=1S/C24H26F3N5O4/c1-23(2,3)36-22(35)32-11-13-7-16(13)18(32)20(34)31(4)17-8-12(5-6-15(17)19(28)33)14-9-29-21(30-10-14)24(25,26)27/h5-6,8-10,13,16,18H,7,11H2,1-4H3,(H2,28,33)/t13-,16-,18-/m0/s1. The monoisotopic (exact) mass is 505 g/mol. The van der Waals surface area contributed by atoms with Gasteiger partial charge in [-0.3, -0.25) is 14.5 Å². The van der Waals surface area contributed by atoms with Crippen LogP contribution in [0.15, 0.2) is 30.6 Å². The van der Waals surface area contributed by atoms with Crippen molar-refractivity contribution in [3.63, 3.8) is 0 Å². The predicted octanol–water partition coefficient (Wildman–Crippen LogP) is 3.48. The number of carbonyl (C=O) groups is 3. The van der Waals surface area contributed by atoms with Gasteiger partial charge in [0.25, 0.3) is 5.91 Å². The molecule has 9 nitrogen and oxygen atoms in total. The minimum absolute atomic E-state index is 0.0176. The fourth-order valence-electron chi connectivity index (χ4n) is 4.43. The molecule has 2 heterocycles. The Labute approximate surface area is 205 Å². The molecule has 1 aromatic carbocycles. The lowest BCUT2D eigenvalue weighted by atomic mass is 10.0. The lowest BCUT2D eigenvalue weighted by Crippen LogP contribution is -2.50. The summed E-state index contributed by atoms with van der Waals surface area (Å²) in [6.45, 7) is 5.61. The third kappa shape index (κ3) is 4.98. The van der Waals surface area contributed by atoms with E-state index in [9.17, 15) is 27.6 Å². The molecule has 4 rings (SSSR count). The quantitative estimate of drug-likeness (QED) is 0.680. The van der Waals surface area contributed by atoms with Gasteiger partial charge in [0.2, 0.25) is 11.7 Å². The number of nitrogens with two attached hydrogens (primary N) is 1. The van der Waals surface area contributed by atoms with Crippen molar-refractivity contribution in [2.45, 2.75) is 45.0 Å². The number of nitrogens with zero attached hydrogens (tertiary/aromatic N) is 4. The molecule has 2 aromatic rings. The van der Waals surface area contributed by atoms with Gasteiger partial charge in [-0.05, 0) is 56.7 Å². The van der Waals surface area contributed by atoms with Gasteiger partial charge in [-0.1, -0.05) is 6.07 Å². The molecule has 12 heteroatoms. The van der Waals surface area contributed by atoms with E-state index in [4.69, 9.17) is 10.5 Å². The minimum atomic E-state index is -4.69. The Morgan fingerprint density at radius 2 is 1.75 bits per heavy atom. The Bertz CT molecular complexity index is 1210. The summed E-state index contributed by atoms with van der Waals surface area (Å²) in [6, 6.07) is 3.55. The van der Waals surface area contributed by atoms with Crippen LogP contribution in [0.4, 0.5) is 23.7 Å². The Morgan fingerprint density at radius 3 is 2.31 bits per heavy atom. The Balaban J connectivity index is 1.65. The molecule has 2 aliphatic rings. The van der Waals surface area contributed by atoms with Crippen molar-refractivity contribution in [2.24, 2.45) is 17.6 Å². The van der Waals surface area contributed by atoms with Crippen LogP contribution in [0.3, 0.4) is 0 Å². The van der Waals surface area contributed by atoms with E-state index < -0.39 is 41.6 Å². The van der Waals surface area contributed by atoms with E-state index in [-0.39, 0.29) is 28.7 Å². The van der Waals surface area contributed by atoms with E-state index in [1.807, 2.05) is 0 Å². The number of benzene rings is 1. The normalized spacial score (nSPS) is 21.1. The molecule has 1 aromatic heterocycles. The van der Waals surface area contributed by atoms with Crippen molar-refractivity contribution >= 4 is 23.6 Å². The highest BCUT2D eigenvalue weighted by molar-refractivity contribution is 6.07. The van der Waals surface area contributed by atoms with Gasteiger partial charge in [0, 0.05) is 31.5 Å². The maximum absolute atomic E-state index is 13.6. The van der Waals surface area contributed by atoms with Crippen LogP contribution in [0, 0.1) is 11.8 Å². The number of likely N-dealkylation sites (N-methyl/N-ethyl adjacent to an activating group) is 1. The number of anilines is 1. The van der Waals surface area contributed by atoms with E-state index in [0.717, 1.165) is 18.8 Å². The van der Waals surface area contributed by atoms with E-state index in [0.29, 0.717) is 12.1 Å². The first kappa shape index (κ1) is 25.4. The summed E-state index contributed by atoms with van der Waals surface area (Å²) in [6.07, 6.45) is -2.45. The average Bonchev–Trinajstić information content (AvgIpc) is 3.45. The number of fused-ring (bicyclic) bond motifs is 1. The van der Waals surface area contributed by atoms with Crippen LogP contribution in [0.25, 0.3) is 11.1 Å².